The second-order valence-electron chi connectivity index (χ2n) is 7.22. The first-order valence-electron chi connectivity index (χ1n) is 9.11. The Hall–Kier alpha value is -1.96. The molecule has 0 bridgehead atoms. The molecule has 0 aromatic carbocycles. The molecular formula is C17H27N5O3. The zero-order valence-electron chi connectivity index (χ0n) is 15.0. The van der Waals surface area contributed by atoms with Crippen molar-refractivity contribution in [3.63, 3.8) is 0 Å². The maximum atomic E-state index is 12.5. The first-order chi connectivity index (χ1) is 12.0. The van der Waals surface area contributed by atoms with Gasteiger partial charge in [0, 0.05) is 19.5 Å². The number of hydrogen-bond acceptors (Lipinski definition) is 6. The fourth-order valence-corrected chi connectivity index (χ4v) is 3.90. The predicted octanol–water partition coefficient (Wildman–Crippen LogP) is 1.29. The van der Waals surface area contributed by atoms with E-state index in [2.05, 4.69) is 25.2 Å². The fourth-order valence-electron chi connectivity index (χ4n) is 3.90. The fraction of sp³-hybridized carbons (Fsp3) is 0.765. The number of piperidine rings is 1. The molecule has 138 valence electrons. The second kappa shape index (κ2) is 7.95. The lowest BCUT2D eigenvalue weighted by Crippen LogP contribution is -2.43. The summed E-state index contributed by atoms with van der Waals surface area (Å²) in [4.78, 5) is 28.7. The Morgan fingerprint density at radius 2 is 1.96 bits per heavy atom. The molecule has 2 fully saturated rings. The molecule has 0 aliphatic carbocycles. The van der Waals surface area contributed by atoms with Crippen molar-refractivity contribution in [2.45, 2.75) is 39.0 Å². The van der Waals surface area contributed by atoms with Gasteiger partial charge in [0.1, 0.15) is 5.69 Å². The van der Waals surface area contributed by atoms with Gasteiger partial charge in [-0.1, -0.05) is 11.6 Å². The van der Waals surface area contributed by atoms with E-state index in [4.69, 9.17) is 0 Å². The summed E-state index contributed by atoms with van der Waals surface area (Å²) in [5.41, 5.74) is 0.572. The molecule has 2 saturated heterocycles. The summed E-state index contributed by atoms with van der Waals surface area (Å²) in [7, 11) is 1.92. The van der Waals surface area contributed by atoms with Gasteiger partial charge in [0.2, 0.25) is 11.8 Å². The van der Waals surface area contributed by atoms with Crippen LogP contribution >= 0.6 is 0 Å². The average molecular weight is 349 g/mol. The molecule has 2 aliphatic rings. The van der Waals surface area contributed by atoms with Crippen LogP contribution in [0.15, 0.2) is 4.63 Å². The first kappa shape index (κ1) is 17.8. The lowest BCUT2D eigenvalue weighted by atomic mass is 9.81. The van der Waals surface area contributed by atoms with Gasteiger partial charge in [0.25, 0.3) is 0 Å². The summed E-state index contributed by atoms with van der Waals surface area (Å²) in [6.07, 6.45) is 5.19. The molecule has 0 spiro atoms. The molecule has 1 aromatic heterocycles. The Bertz CT molecular complexity index is 609. The number of nitrogens with zero attached hydrogens (tertiary/aromatic N) is 4. The highest BCUT2D eigenvalue weighted by Crippen LogP contribution is 2.31. The number of hydrogen-bond donors (Lipinski definition) is 1. The van der Waals surface area contributed by atoms with Crippen molar-refractivity contribution in [2.24, 2.45) is 11.8 Å². The van der Waals surface area contributed by atoms with E-state index in [9.17, 15) is 9.59 Å². The molecule has 3 rings (SSSR count). The molecule has 0 radical (unpaired) electrons. The van der Waals surface area contributed by atoms with Crippen LogP contribution in [-0.2, 0) is 9.59 Å². The number of anilines is 1. The molecule has 2 aliphatic heterocycles. The Labute approximate surface area is 147 Å². The van der Waals surface area contributed by atoms with Crippen molar-refractivity contribution >= 4 is 17.6 Å². The molecule has 1 unspecified atom stereocenters. The predicted molar refractivity (Wildman–Crippen MR) is 91.8 cm³/mol. The van der Waals surface area contributed by atoms with Crippen LogP contribution in [0, 0.1) is 18.8 Å². The van der Waals surface area contributed by atoms with Crippen LogP contribution in [0.5, 0.6) is 0 Å². The molecule has 25 heavy (non-hydrogen) atoms. The van der Waals surface area contributed by atoms with Gasteiger partial charge in [0.05, 0.1) is 6.54 Å². The van der Waals surface area contributed by atoms with Crippen LogP contribution in [0.1, 0.15) is 37.8 Å². The molecule has 8 heteroatoms. The summed E-state index contributed by atoms with van der Waals surface area (Å²) < 4.78 is 4.58. The summed E-state index contributed by atoms with van der Waals surface area (Å²) in [5.74, 6) is 1.18. The molecule has 3 heterocycles. The van der Waals surface area contributed by atoms with Crippen LogP contribution in [0.25, 0.3) is 0 Å². The number of carbonyl (C=O) groups is 2. The van der Waals surface area contributed by atoms with Gasteiger partial charge in [0.15, 0.2) is 5.82 Å². The van der Waals surface area contributed by atoms with Gasteiger partial charge in [-0.2, -0.15) is 0 Å². The number of amides is 2. The zero-order chi connectivity index (χ0) is 17.8. The maximum absolute atomic E-state index is 12.5. The highest BCUT2D eigenvalue weighted by Gasteiger charge is 2.34. The van der Waals surface area contributed by atoms with Gasteiger partial charge in [-0.05, 0) is 56.8 Å². The van der Waals surface area contributed by atoms with Gasteiger partial charge in [-0.3, -0.25) is 14.5 Å². The number of likely N-dealkylation sites (tertiary alicyclic amines) is 2. The summed E-state index contributed by atoms with van der Waals surface area (Å²) in [6.45, 7) is 4.64. The van der Waals surface area contributed by atoms with E-state index in [0.29, 0.717) is 29.9 Å². The molecule has 8 nitrogen and oxygen atoms in total. The highest BCUT2D eigenvalue weighted by atomic mass is 16.6. The number of aryl methyl sites for hydroxylation is 1. The monoisotopic (exact) mass is 349 g/mol. The van der Waals surface area contributed by atoms with Gasteiger partial charge >= 0.3 is 0 Å². The van der Waals surface area contributed by atoms with Crippen LogP contribution in [-0.4, -0.2) is 65.2 Å². The van der Waals surface area contributed by atoms with Crippen LogP contribution in [0.4, 0.5) is 5.82 Å². The van der Waals surface area contributed by atoms with E-state index in [0.717, 1.165) is 51.7 Å². The third-order valence-electron chi connectivity index (χ3n) is 5.43. The quantitative estimate of drug-likeness (QED) is 0.881. The third-order valence-corrected chi connectivity index (χ3v) is 5.43. The van der Waals surface area contributed by atoms with E-state index < -0.39 is 0 Å². The van der Waals surface area contributed by atoms with Crippen LogP contribution in [0.3, 0.4) is 0 Å². The smallest absolute Gasteiger partial charge is 0.239 e. The van der Waals surface area contributed by atoms with Crippen molar-refractivity contribution in [2.75, 3.05) is 38.5 Å². The van der Waals surface area contributed by atoms with E-state index in [-0.39, 0.29) is 11.8 Å². The van der Waals surface area contributed by atoms with Gasteiger partial charge in [-0.15, -0.1) is 0 Å². The minimum atomic E-state index is -0.109. The van der Waals surface area contributed by atoms with Crippen molar-refractivity contribution in [1.82, 2.24) is 20.1 Å². The van der Waals surface area contributed by atoms with Crippen LogP contribution < -0.4 is 5.32 Å². The third kappa shape index (κ3) is 4.36. The van der Waals surface area contributed by atoms with Crippen molar-refractivity contribution in [3.05, 3.63) is 5.69 Å². The minimum absolute atomic E-state index is 0.109. The zero-order valence-corrected chi connectivity index (χ0v) is 15.0. The summed E-state index contributed by atoms with van der Waals surface area (Å²) >= 11 is 0. The topological polar surface area (TPSA) is 91.6 Å². The maximum Gasteiger partial charge on any atom is 0.239 e. The molecule has 1 aromatic rings. The average Bonchev–Trinajstić information content (AvgIpc) is 2.91. The lowest BCUT2D eigenvalue weighted by Gasteiger charge is -2.35. The van der Waals surface area contributed by atoms with Crippen LogP contribution in [0.2, 0.25) is 0 Å². The normalized spacial score (nSPS) is 23.5. The molecule has 0 saturated carbocycles. The van der Waals surface area contributed by atoms with E-state index in [1.165, 1.54) is 0 Å². The van der Waals surface area contributed by atoms with Gasteiger partial charge in [-0.25, -0.2) is 4.63 Å². The number of rotatable bonds is 4. The molecule has 2 amide bonds. The Balaban J connectivity index is 1.47. The molecular weight excluding hydrogens is 322 g/mol. The highest BCUT2D eigenvalue weighted by molar-refractivity contribution is 5.91. The second-order valence-corrected chi connectivity index (χ2v) is 7.22. The molecule has 1 atom stereocenters. The Morgan fingerprint density at radius 3 is 2.64 bits per heavy atom. The van der Waals surface area contributed by atoms with Crippen molar-refractivity contribution in [3.8, 4) is 0 Å². The first-order valence-corrected chi connectivity index (χ1v) is 9.11. The Kier molecular flexibility index (Phi) is 5.67. The standard InChI is InChI=1S/C17H27N5O3/c1-12-16(20-25-19-12)18-15(23)11-22-9-6-13(7-10-22)14-5-3-4-8-21(2)17(14)24/h13-14H,3-11H2,1-2H3,(H,18,20,23). The number of aromatic nitrogens is 2. The summed E-state index contributed by atoms with van der Waals surface area (Å²) in [5, 5.41) is 10.0. The minimum Gasteiger partial charge on any atom is -0.346 e. The largest absolute Gasteiger partial charge is 0.346 e. The SMILES string of the molecule is Cc1nonc1NC(=O)CN1CCC(C2CCCCN(C)C2=O)CC1. The van der Waals surface area contributed by atoms with Crippen molar-refractivity contribution in [1.29, 1.82) is 0 Å². The lowest BCUT2D eigenvalue weighted by molar-refractivity contribution is -0.136. The van der Waals surface area contributed by atoms with E-state index >= 15 is 0 Å². The summed E-state index contributed by atoms with van der Waals surface area (Å²) in [6, 6.07) is 0. The number of nitrogens with one attached hydrogen (secondary N) is 1. The number of carbonyl (C=O) groups excluding carboxylic acids is 2. The van der Waals surface area contributed by atoms with E-state index in [1.807, 2.05) is 11.9 Å². The van der Waals surface area contributed by atoms with E-state index in [1.54, 1.807) is 6.92 Å². The van der Waals surface area contributed by atoms with Crippen molar-refractivity contribution < 1.29 is 14.2 Å². The molecule has 1 N–H and O–H groups in total. The Morgan fingerprint density at radius 1 is 1.20 bits per heavy atom. The van der Waals surface area contributed by atoms with Gasteiger partial charge < -0.3 is 10.2 Å².